The quantitative estimate of drug-likeness (QED) is 0.365. The minimum atomic E-state index is -1.20. The van der Waals surface area contributed by atoms with Crippen LogP contribution in [0.1, 0.15) is 66.2 Å². The number of hydrogen-bond acceptors (Lipinski definition) is 10. The van der Waals surface area contributed by atoms with Crippen LogP contribution >= 0.6 is 0 Å². The zero-order valence-electron chi connectivity index (χ0n) is 20.9. The van der Waals surface area contributed by atoms with Crippen LogP contribution in [0.4, 0.5) is 0 Å². The molecule has 0 amide bonds. The highest BCUT2D eigenvalue weighted by atomic mass is 16.7. The Bertz CT molecular complexity index is 803. The van der Waals surface area contributed by atoms with Gasteiger partial charge in [-0.3, -0.25) is 19.2 Å². The molecular formula is C25H36O10. The molecule has 10 nitrogen and oxygen atoms in total. The third-order valence-electron chi connectivity index (χ3n) is 7.67. The summed E-state index contributed by atoms with van der Waals surface area (Å²) in [4.78, 5) is 47.3. The third kappa shape index (κ3) is 6.14. The number of hydrogen-bond donors (Lipinski definition) is 0. The van der Waals surface area contributed by atoms with Gasteiger partial charge < -0.3 is 28.4 Å². The minimum absolute atomic E-state index is 0.0495. The smallest absolute Gasteiger partial charge is 0.303 e. The van der Waals surface area contributed by atoms with Crippen molar-refractivity contribution >= 4 is 23.9 Å². The summed E-state index contributed by atoms with van der Waals surface area (Å²) in [5.41, 5.74) is 0.0495. The summed E-state index contributed by atoms with van der Waals surface area (Å²) < 4.78 is 33.9. The third-order valence-corrected chi connectivity index (χ3v) is 7.67. The largest absolute Gasteiger partial charge is 0.463 e. The van der Waals surface area contributed by atoms with Crippen LogP contribution in [0.2, 0.25) is 0 Å². The van der Waals surface area contributed by atoms with Gasteiger partial charge in [0.05, 0.1) is 6.61 Å². The molecule has 0 N–H and O–H groups in total. The maximum absolute atomic E-state index is 12.0. The van der Waals surface area contributed by atoms with Gasteiger partial charge in [-0.25, -0.2) is 0 Å². The molecule has 0 aromatic rings. The van der Waals surface area contributed by atoms with Crippen LogP contribution in [0.3, 0.4) is 0 Å². The van der Waals surface area contributed by atoms with Gasteiger partial charge >= 0.3 is 23.9 Å². The molecule has 196 valence electrons. The second kappa shape index (κ2) is 10.4. The van der Waals surface area contributed by atoms with E-state index in [9.17, 15) is 19.2 Å². The Morgan fingerprint density at radius 2 is 1.20 bits per heavy atom. The van der Waals surface area contributed by atoms with Gasteiger partial charge in [-0.2, -0.15) is 0 Å². The molecule has 10 heteroatoms. The first-order valence-corrected chi connectivity index (χ1v) is 12.5. The Kier molecular flexibility index (Phi) is 7.71. The van der Waals surface area contributed by atoms with Gasteiger partial charge in [0.2, 0.25) is 0 Å². The number of carbonyl (C=O) groups excluding carboxylic acids is 4. The number of ether oxygens (including phenoxy) is 6. The Hall–Kier alpha value is -2.20. The number of carbonyl (C=O) groups is 4. The van der Waals surface area contributed by atoms with E-state index < -0.39 is 54.6 Å². The van der Waals surface area contributed by atoms with E-state index in [1.54, 1.807) is 0 Å². The predicted octanol–water partition coefficient (Wildman–Crippen LogP) is 2.30. The fraction of sp³-hybridized carbons (Fsp3) is 0.840. The fourth-order valence-electron chi connectivity index (χ4n) is 7.05. The zero-order chi connectivity index (χ0) is 25.3. The summed E-state index contributed by atoms with van der Waals surface area (Å²) >= 11 is 0. The van der Waals surface area contributed by atoms with E-state index in [0.29, 0.717) is 6.61 Å². The van der Waals surface area contributed by atoms with Crippen molar-refractivity contribution in [1.82, 2.24) is 0 Å². The molecule has 4 bridgehead atoms. The highest BCUT2D eigenvalue weighted by molar-refractivity contribution is 5.68. The van der Waals surface area contributed by atoms with Crippen LogP contribution in [-0.2, 0) is 47.6 Å². The lowest BCUT2D eigenvalue weighted by molar-refractivity contribution is -0.315. The first-order valence-electron chi connectivity index (χ1n) is 12.5. The average molecular weight is 497 g/mol. The van der Waals surface area contributed by atoms with Gasteiger partial charge in [-0.15, -0.1) is 0 Å². The van der Waals surface area contributed by atoms with Crippen molar-refractivity contribution in [2.45, 2.75) is 96.9 Å². The highest BCUT2D eigenvalue weighted by Crippen LogP contribution is 2.60. The molecule has 1 saturated heterocycles. The van der Waals surface area contributed by atoms with E-state index in [2.05, 4.69) is 0 Å². The lowest BCUT2D eigenvalue weighted by Crippen LogP contribution is -2.63. The number of esters is 4. The van der Waals surface area contributed by atoms with Gasteiger partial charge in [0.25, 0.3) is 0 Å². The number of rotatable bonds is 8. The molecule has 5 fully saturated rings. The maximum Gasteiger partial charge on any atom is 0.303 e. The molecule has 0 unspecified atom stereocenters. The van der Waals surface area contributed by atoms with Crippen molar-refractivity contribution in [2.75, 3.05) is 13.2 Å². The molecule has 1 aliphatic heterocycles. The molecule has 0 spiro atoms. The van der Waals surface area contributed by atoms with Crippen molar-refractivity contribution in [1.29, 1.82) is 0 Å². The minimum Gasteiger partial charge on any atom is -0.463 e. The van der Waals surface area contributed by atoms with Crippen molar-refractivity contribution in [3.8, 4) is 0 Å². The SMILES string of the molecule is CC(=O)OC[C@H]1O[C@@H](OCC23CC4CC(CC(C4)C2)C3)[C@H](OC(C)=O)[C@@H](OC(C)=O)[C@H]1OC(C)=O. The predicted molar refractivity (Wildman–Crippen MR) is 119 cm³/mol. The van der Waals surface area contributed by atoms with E-state index >= 15 is 0 Å². The molecule has 5 atom stereocenters. The Morgan fingerprint density at radius 1 is 0.714 bits per heavy atom. The Labute approximate surface area is 205 Å². The molecule has 5 aliphatic rings. The summed E-state index contributed by atoms with van der Waals surface area (Å²) in [6.07, 6.45) is 1.57. The fourth-order valence-corrected chi connectivity index (χ4v) is 7.05. The summed E-state index contributed by atoms with van der Waals surface area (Å²) in [6.45, 7) is 5.05. The van der Waals surface area contributed by atoms with Gasteiger partial charge in [0, 0.05) is 27.7 Å². The van der Waals surface area contributed by atoms with Crippen molar-refractivity contribution < 1.29 is 47.6 Å². The molecule has 4 aliphatic carbocycles. The van der Waals surface area contributed by atoms with Crippen LogP contribution in [-0.4, -0.2) is 67.8 Å². The van der Waals surface area contributed by atoms with E-state index in [1.807, 2.05) is 0 Å². The molecule has 1 heterocycles. The Balaban J connectivity index is 1.57. The van der Waals surface area contributed by atoms with Gasteiger partial charge in [-0.05, 0) is 61.7 Å². The zero-order valence-corrected chi connectivity index (χ0v) is 20.9. The standard InChI is InChI=1S/C25H36O10/c1-13(26)30-11-20-21(32-14(2)27)22(33-15(3)28)23(34-16(4)29)24(35-20)31-12-25-8-17-5-18(9-25)7-19(6-17)10-25/h17-24H,5-12H2,1-4H3/t17?,18?,19?,20-,21+,22+,23-,24-,25?/m1/s1. The van der Waals surface area contributed by atoms with Crippen LogP contribution in [0.5, 0.6) is 0 Å². The summed E-state index contributed by atoms with van der Waals surface area (Å²) in [7, 11) is 0. The molecule has 0 radical (unpaired) electrons. The second-order valence-corrected chi connectivity index (χ2v) is 10.8. The second-order valence-electron chi connectivity index (χ2n) is 10.8. The van der Waals surface area contributed by atoms with Crippen LogP contribution in [0.15, 0.2) is 0 Å². The van der Waals surface area contributed by atoms with Gasteiger partial charge in [0.15, 0.2) is 24.6 Å². The van der Waals surface area contributed by atoms with Crippen LogP contribution in [0.25, 0.3) is 0 Å². The molecule has 35 heavy (non-hydrogen) atoms. The summed E-state index contributed by atoms with van der Waals surface area (Å²) in [6, 6.07) is 0. The average Bonchev–Trinajstić information content (AvgIpc) is 2.72. The van der Waals surface area contributed by atoms with E-state index in [1.165, 1.54) is 47.0 Å². The molecule has 0 aromatic carbocycles. The lowest BCUT2D eigenvalue weighted by Gasteiger charge is -2.57. The van der Waals surface area contributed by atoms with Crippen LogP contribution < -0.4 is 0 Å². The Morgan fingerprint density at radius 3 is 1.69 bits per heavy atom. The molecule has 5 rings (SSSR count). The van der Waals surface area contributed by atoms with Crippen molar-refractivity contribution in [3.63, 3.8) is 0 Å². The molecule has 0 aromatic heterocycles. The van der Waals surface area contributed by atoms with E-state index in [4.69, 9.17) is 28.4 Å². The first kappa shape index (κ1) is 25.9. The topological polar surface area (TPSA) is 124 Å². The van der Waals surface area contributed by atoms with Crippen LogP contribution in [0, 0.1) is 23.2 Å². The van der Waals surface area contributed by atoms with Gasteiger partial charge in [-0.1, -0.05) is 0 Å². The normalized spacial score (nSPS) is 39.5. The van der Waals surface area contributed by atoms with E-state index in [-0.39, 0.29) is 12.0 Å². The van der Waals surface area contributed by atoms with E-state index in [0.717, 1.165) is 37.0 Å². The first-order chi connectivity index (χ1) is 16.5. The van der Waals surface area contributed by atoms with Crippen molar-refractivity contribution in [3.05, 3.63) is 0 Å². The van der Waals surface area contributed by atoms with Crippen molar-refractivity contribution in [2.24, 2.45) is 23.2 Å². The molecule has 4 saturated carbocycles. The summed E-state index contributed by atoms with van der Waals surface area (Å²) in [5.74, 6) is -0.317. The highest BCUT2D eigenvalue weighted by Gasteiger charge is 2.55. The van der Waals surface area contributed by atoms with Gasteiger partial charge in [0.1, 0.15) is 12.7 Å². The monoisotopic (exact) mass is 496 g/mol. The maximum atomic E-state index is 12.0. The lowest BCUT2D eigenvalue weighted by atomic mass is 9.50. The summed E-state index contributed by atoms with van der Waals surface area (Å²) in [5, 5.41) is 0. The molecular weight excluding hydrogens is 460 g/mol.